The zero-order valence-electron chi connectivity index (χ0n) is 12.5. The van der Waals surface area contributed by atoms with Gasteiger partial charge in [0.2, 0.25) is 0 Å². The van der Waals surface area contributed by atoms with E-state index in [9.17, 15) is 4.79 Å². The second kappa shape index (κ2) is 4.89. The molecule has 3 aromatic carbocycles. The van der Waals surface area contributed by atoms with Crippen molar-refractivity contribution < 1.29 is 4.79 Å². The van der Waals surface area contributed by atoms with E-state index in [1.54, 1.807) is 0 Å². The second-order valence-corrected chi connectivity index (χ2v) is 6.77. The highest BCUT2D eigenvalue weighted by atomic mass is 79.9. The van der Waals surface area contributed by atoms with Crippen LogP contribution in [-0.4, -0.2) is 15.8 Å². The van der Waals surface area contributed by atoms with E-state index in [1.807, 2.05) is 60.7 Å². The van der Waals surface area contributed by atoms with Crippen molar-refractivity contribution in [1.82, 2.24) is 9.97 Å². The van der Waals surface area contributed by atoms with Gasteiger partial charge in [0.15, 0.2) is 5.78 Å². The number of benzene rings is 3. The number of nitrogens with one attached hydrogen (secondary N) is 1. The summed E-state index contributed by atoms with van der Waals surface area (Å²) in [6.45, 7) is 0. The summed E-state index contributed by atoms with van der Waals surface area (Å²) in [5.74, 6) is 0.857. The number of ketones is 1. The van der Waals surface area contributed by atoms with Crippen LogP contribution in [0, 0.1) is 0 Å². The van der Waals surface area contributed by atoms with Crippen LogP contribution < -0.4 is 0 Å². The fourth-order valence-corrected chi connectivity index (χ4v) is 3.74. The van der Waals surface area contributed by atoms with E-state index in [4.69, 9.17) is 4.98 Å². The number of hydrogen-bond donors (Lipinski definition) is 1. The SMILES string of the molecule is O=C1c2cc(Br)ccc2-c2c1cccc2-c1nc2ccccc2[nH]1. The molecule has 1 N–H and O–H groups in total. The largest absolute Gasteiger partial charge is 0.338 e. The third-order valence-electron chi connectivity index (χ3n) is 4.45. The predicted molar refractivity (Wildman–Crippen MR) is 98.1 cm³/mol. The zero-order valence-corrected chi connectivity index (χ0v) is 14.1. The molecule has 1 aromatic heterocycles. The summed E-state index contributed by atoms with van der Waals surface area (Å²) in [7, 11) is 0. The van der Waals surface area contributed by atoms with Crippen molar-refractivity contribution in [2.24, 2.45) is 0 Å². The van der Waals surface area contributed by atoms with Crippen molar-refractivity contribution in [3.8, 4) is 22.5 Å². The molecule has 0 saturated heterocycles. The van der Waals surface area contributed by atoms with Gasteiger partial charge in [0.1, 0.15) is 5.82 Å². The van der Waals surface area contributed by atoms with E-state index in [-0.39, 0.29) is 5.78 Å². The van der Waals surface area contributed by atoms with Gasteiger partial charge < -0.3 is 4.98 Å². The van der Waals surface area contributed by atoms with Gasteiger partial charge >= 0.3 is 0 Å². The third kappa shape index (κ3) is 1.83. The Morgan fingerprint density at radius 1 is 0.833 bits per heavy atom. The molecule has 114 valence electrons. The van der Waals surface area contributed by atoms with Crippen molar-refractivity contribution in [1.29, 1.82) is 0 Å². The first-order chi connectivity index (χ1) is 11.7. The van der Waals surface area contributed by atoms with Crippen molar-refractivity contribution >= 4 is 32.7 Å². The van der Waals surface area contributed by atoms with E-state index in [1.165, 1.54) is 0 Å². The maximum atomic E-state index is 12.7. The smallest absolute Gasteiger partial charge is 0.194 e. The molecular formula is C20H11BrN2O. The molecule has 4 aromatic rings. The molecule has 24 heavy (non-hydrogen) atoms. The summed E-state index contributed by atoms with van der Waals surface area (Å²) in [6, 6.07) is 19.6. The summed E-state index contributed by atoms with van der Waals surface area (Å²) >= 11 is 3.45. The van der Waals surface area contributed by atoms with E-state index in [0.29, 0.717) is 0 Å². The van der Waals surface area contributed by atoms with Crippen LogP contribution in [0.4, 0.5) is 0 Å². The average molecular weight is 375 g/mol. The number of carbonyl (C=O) groups excluding carboxylic acids is 1. The lowest BCUT2D eigenvalue weighted by Crippen LogP contribution is -1.95. The first-order valence-electron chi connectivity index (χ1n) is 7.65. The molecule has 0 bridgehead atoms. The fraction of sp³-hybridized carbons (Fsp3) is 0. The van der Waals surface area contributed by atoms with Gasteiger partial charge in [0.25, 0.3) is 0 Å². The topological polar surface area (TPSA) is 45.8 Å². The van der Waals surface area contributed by atoms with E-state index < -0.39 is 0 Å². The molecule has 0 saturated carbocycles. The fourth-order valence-electron chi connectivity index (χ4n) is 3.38. The van der Waals surface area contributed by atoms with Gasteiger partial charge in [0, 0.05) is 26.7 Å². The minimum absolute atomic E-state index is 0.0688. The van der Waals surface area contributed by atoms with E-state index in [2.05, 4.69) is 20.9 Å². The van der Waals surface area contributed by atoms with E-state index >= 15 is 0 Å². The maximum absolute atomic E-state index is 12.7. The highest BCUT2D eigenvalue weighted by molar-refractivity contribution is 9.10. The Bertz CT molecular complexity index is 1110. The third-order valence-corrected chi connectivity index (χ3v) is 4.94. The van der Waals surface area contributed by atoms with Gasteiger partial charge in [-0.15, -0.1) is 0 Å². The Balaban J connectivity index is 1.82. The number of para-hydroxylation sites is 2. The van der Waals surface area contributed by atoms with Gasteiger partial charge in [-0.25, -0.2) is 4.98 Å². The summed E-state index contributed by atoms with van der Waals surface area (Å²) in [4.78, 5) is 20.8. The van der Waals surface area contributed by atoms with Crippen LogP contribution in [0.15, 0.2) is 65.1 Å². The molecule has 1 aliphatic rings. The number of nitrogens with zero attached hydrogens (tertiary/aromatic N) is 1. The lowest BCUT2D eigenvalue weighted by atomic mass is 9.99. The number of H-pyrrole nitrogens is 1. The lowest BCUT2D eigenvalue weighted by molar-refractivity contribution is 0.104. The highest BCUT2D eigenvalue weighted by Crippen LogP contribution is 2.43. The van der Waals surface area contributed by atoms with Crippen molar-refractivity contribution in [2.45, 2.75) is 0 Å². The molecule has 0 fully saturated rings. The van der Waals surface area contributed by atoms with Crippen LogP contribution in [0.1, 0.15) is 15.9 Å². The molecule has 0 atom stereocenters. The molecular weight excluding hydrogens is 364 g/mol. The predicted octanol–water partition coefficient (Wildman–Crippen LogP) is 5.20. The first kappa shape index (κ1) is 13.7. The average Bonchev–Trinajstić information content (AvgIpc) is 3.15. The molecule has 0 radical (unpaired) electrons. The molecule has 0 spiro atoms. The van der Waals surface area contributed by atoms with Crippen LogP contribution in [0.3, 0.4) is 0 Å². The number of carbonyl (C=O) groups is 1. The molecule has 1 heterocycles. The molecule has 1 aliphatic carbocycles. The number of imidazole rings is 1. The van der Waals surface area contributed by atoms with Crippen LogP contribution in [-0.2, 0) is 0 Å². The monoisotopic (exact) mass is 374 g/mol. The highest BCUT2D eigenvalue weighted by Gasteiger charge is 2.29. The Kier molecular flexibility index (Phi) is 2.79. The minimum atomic E-state index is 0.0688. The van der Waals surface area contributed by atoms with E-state index in [0.717, 1.165) is 49.1 Å². The molecule has 4 heteroatoms. The Labute approximate surface area is 146 Å². The molecule has 0 unspecified atom stereocenters. The quantitative estimate of drug-likeness (QED) is 0.438. The van der Waals surface area contributed by atoms with Gasteiger partial charge in [-0.2, -0.15) is 0 Å². The Morgan fingerprint density at radius 3 is 2.54 bits per heavy atom. The summed E-state index contributed by atoms with van der Waals surface area (Å²) < 4.78 is 0.910. The van der Waals surface area contributed by atoms with Crippen LogP contribution >= 0.6 is 15.9 Å². The molecule has 0 aliphatic heterocycles. The lowest BCUT2D eigenvalue weighted by Gasteiger charge is -2.06. The maximum Gasteiger partial charge on any atom is 0.194 e. The van der Waals surface area contributed by atoms with Crippen LogP contribution in [0.5, 0.6) is 0 Å². The van der Waals surface area contributed by atoms with Crippen molar-refractivity contribution in [2.75, 3.05) is 0 Å². The van der Waals surface area contributed by atoms with Gasteiger partial charge in [-0.3, -0.25) is 4.79 Å². The van der Waals surface area contributed by atoms with Gasteiger partial charge in [-0.05, 0) is 29.8 Å². The minimum Gasteiger partial charge on any atom is -0.338 e. The van der Waals surface area contributed by atoms with Crippen LogP contribution in [0.25, 0.3) is 33.5 Å². The summed E-state index contributed by atoms with van der Waals surface area (Å²) in [6.07, 6.45) is 0. The van der Waals surface area contributed by atoms with Crippen molar-refractivity contribution in [3.63, 3.8) is 0 Å². The number of hydrogen-bond acceptors (Lipinski definition) is 2. The van der Waals surface area contributed by atoms with Crippen LogP contribution in [0.2, 0.25) is 0 Å². The standard InChI is InChI=1S/C20H11BrN2O/c21-11-8-9-12-15(10-11)19(24)13-4-3-5-14(18(12)13)20-22-16-6-1-2-7-17(16)23-20/h1-10H,(H,22,23). The molecule has 5 rings (SSSR count). The first-order valence-corrected chi connectivity index (χ1v) is 8.44. The number of fused-ring (bicyclic) bond motifs is 4. The number of rotatable bonds is 1. The molecule has 3 nitrogen and oxygen atoms in total. The zero-order chi connectivity index (χ0) is 16.3. The summed E-state index contributed by atoms with van der Waals surface area (Å²) in [5.41, 5.74) is 6.27. The Morgan fingerprint density at radius 2 is 1.67 bits per heavy atom. The second-order valence-electron chi connectivity index (χ2n) is 5.85. The van der Waals surface area contributed by atoms with Gasteiger partial charge in [0.05, 0.1) is 11.0 Å². The van der Waals surface area contributed by atoms with Gasteiger partial charge in [-0.1, -0.05) is 52.3 Å². The number of aromatic nitrogens is 2. The van der Waals surface area contributed by atoms with Crippen molar-refractivity contribution in [3.05, 3.63) is 76.3 Å². The Hall–Kier alpha value is -2.72. The number of halogens is 1. The normalized spacial score (nSPS) is 12.5. The summed E-state index contributed by atoms with van der Waals surface area (Å²) in [5, 5.41) is 0. The molecule has 0 amide bonds. The number of aromatic amines is 1.